The lowest BCUT2D eigenvalue weighted by molar-refractivity contribution is -0.162. The second kappa shape index (κ2) is 9.09. The summed E-state index contributed by atoms with van der Waals surface area (Å²) in [6.07, 6.45) is 2.27. The predicted octanol–water partition coefficient (Wildman–Crippen LogP) is -0.489. The van der Waals surface area contributed by atoms with Gasteiger partial charge in [0.15, 0.2) is 0 Å². The molecule has 0 aromatic rings. The first-order valence-electron chi connectivity index (χ1n) is 5.97. The van der Waals surface area contributed by atoms with Crippen molar-refractivity contribution in [3.05, 3.63) is 0 Å². The number of carbonyl (C=O) groups is 2. The fourth-order valence-corrected chi connectivity index (χ4v) is 1.31. The Bertz CT molecular complexity index is 244. The Labute approximate surface area is 102 Å². The lowest BCUT2D eigenvalue weighted by atomic mass is 10.1. The molecule has 0 saturated heterocycles. The average Bonchev–Trinajstić information content (AvgIpc) is 2.27. The number of nitrogens with one attached hydrogen (secondary N) is 1. The lowest BCUT2D eigenvalue weighted by Crippen LogP contribution is -2.41. The van der Waals surface area contributed by atoms with Gasteiger partial charge in [-0.15, -0.1) is 0 Å². The molecule has 0 rings (SSSR count). The number of ether oxygens (including phenoxy) is 1. The van der Waals surface area contributed by atoms with Gasteiger partial charge in [-0.1, -0.05) is 13.3 Å². The number of nitrogens with two attached hydrogens (primary N) is 2. The Kier molecular flexibility index (Phi) is 8.57. The minimum Gasteiger partial charge on any atom is -0.391 e. The quantitative estimate of drug-likeness (QED) is 0.302. The summed E-state index contributed by atoms with van der Waals surface area (Å²) in [5.74, 6) is -1.26. The van der Waals surface area contributed by atoms with Gasteiger partial charge >= 0.3 is 11.9 Å². The zero-order valence-electron chi connectivity index (χ0n) is 10.6. The molecular formula is C11H23N3O3. The van der Waals surface area contributed by atoms with E-state index in [0.717, 1.165) is 12.8 Å². The molecule has 0 unspecified atom stereocenters. The summed E-state index contributed by atoms with van der Waals surface area (Å²) < 4.78 is 4.66. The number of unbranched alkanes of at least 4 members (excludes halogenated alkanes) is 1. The maximum Gasteiger partial charge on any atom is 0.330 e. The standard InChI is InChI=1S/C11H23N3O3/c1-3-14-9(6-4-5-7-12)11(16)17-10(15)8(2)13/h8-9,14H,3-7,12-13H2,1-2H3/t8-,9-/m0/s1. The van der Waals surface area contributed by atoms with Gasteiger partial charge in [-0.25, -0.2) is 9.59 Å². The molecule has 0 aliphatic heterocycles. The molecule has 6 nitrogen and oxygen atoms in total. The van der Waals surface area contributed by atoms with E-state index in [0.29, 0.717) is 19.5 Å². The van der Waals surface area contributed by atoms with Gasteiger partial charge < -0.3 is 21.5 Å². The molecule has 0 aliphatic rings. The minimum atomic E-state index is -0.787. The first-order valence-corrected chi connectivity index (χ1v) is 5.97. The smallest absolute Gasteiger partial charge is 0.330 e. The van der Waals surface area contributed by atoms with Gasteiger partial charge in [0.25, 0.3) is 0 Å². The van der Waals surface area contributed by atoms with Crippen molar-refractivity contribution < 1.29 is 14.3 Å². The van der Waals surface area contributed by atoms with E-state index >= 15 is 0 Å². The molecule has 0 heterocycles. The third kappa shape index (κ3) is 7.04. The third-order valence-electron chi connectivity index (χ3n) is 2.25. The molecule has 100 valence electrons. The molecule has 0 bridgehead atoms. The van der Waals surface area contributed by atoms with Crippen molar-refractivity contribution >= 4 is 11.9 Å². The highest BCUT2D eigenvalue weighted by molar-refractivity contribution is 5.90. The number of carbonyl (C=O) groups excluding carboxylic acids is 2. The van der Waals surface area contributed by atoms with Crippen LogP contribution in [0, 0.1) is 0 Å². The first-order chi connectivity index (χ1) is 8.02. The van der Waals surface area contributed by atoms with Crippen molar-refractivity contribution in [3.8, 4) is 0 Å². The predicted molar refractivity (Wildman–Crippen MR) is 65.1 cm³/mol. The lowest BCUT2D eigenvalue weighted by Gasteiger charge is -2.16. The Hall–Kier alpha value is -0.980. The number of hydrogen-bond acceptors (Lipinski definition) is 6. The number of rotatable bonds is 8. The first kappa shape index (κ1) is 16.0. The number of hydrogen-bond donors (Lipinski definition) is 3. The molecule has 0 saturated carbocycles. The Morgan fingerprint density at radius 2 is 1.94 bits per heavy atom. The van der Waals surface area contributed by atoms with Crippen LogP contribution in [0.4, 0.5) is 0 Å². The highest BCUT2D eigenvalue weighted by atomic mass is 16.6. The van der Waals surface area contributed by atoms with Crippen LogP contribution >= 0.6 is 0 Å². The van der Waals surface area contributed by atoms with E-state index in [1.807, 2.05) is 6.92 Å². The van der Waals surface area contributed by atoms with Crippen LogP contribution in [0.3, 0.4) is 0 Å². The van der Waals surface area contributed by atoms with E-state index in [2.05, 4.69) is 10.1 Å². The molecule has 0 amide bonds. The maximum atomic E-state index is 11.6. The summed E-state index contributed by atoms with van der Waals surface area (Å²) in [5.41, 5.74) is 10.7. The summed E-state index contributed by atoms with van der Waals surface area (Å²) in [5, 5.41) is 2.98. The van der Waals surface area contributed by atoms with Gasteiger partial charge in [0.05, 0.1) is 0 Å². The number of esters is 2. The Morgan fingerprint density at radius 3 is 2.41 bits per heavy atom. The third-order valence-corrected chi connectivity index (χ3v) is 2.25. The normalized spacial score (nSPS) is 14.1. The van der Waals surface area contributed by atoms with Gasteiger partial charge in [-0.3, -0.25) is 0 Å². The molecule has 6 heteroatoms. The zero-order chi connectivity index (χ0) is 13.3. The van der Waals surface area contributed by atoms with Crippen LogP contribution in [0.1, 0.15) is 33.1 Å². The molecule has 2 atom stereocenters. The van der Waals surface area contributed by atoms with Crippen LogP contribution in [-0.4, -0.2) is 37.1 Å². The monoisotopic (exact) mass is 245 g/mol. The maximum absolute atomic E-state index is 11.6. The SMILES string of the molecule is CCN[C@@H](CCCCN)C(=O)OC(=O)[C@H](C)N. The molecule has 0 aromatic carbocycles. The fraction of sp³-hybridized carbons (Fsp3) is 0.818. The van der Waals surface area contributed by atoms with E-state index in [4.69, 9.17) is 11.5 Å². The van der Waals surface area contributed by atoms with Crippen LogP contribution in [-0.2, 0) is 14.3 Å². The Morgan fingerprint density at radius 1 is 1.29 bits per heavy atom. The van der Waals surface area contributed by atoms with Gasteiger partial charge in [0.1, 0.15) is 12.1 Å². The van der Waals surface area contributed by atoms with Gasteiger partial charge in [-0.05, 0) is 32.9 Å². The molecule has 5 N–H and O–H groups in total. The van der Waals surface area contributed by atoms with Crippen molar-refractivity contribution in [3.63, 3.8) is 0 Å². The van der Waals surface area contributed by atoms with E-state index < -0.39 is 24.0 Å². The van der Waals surface area contributed by atoms with Crippen molar-refractivity contribution in [2.45, 2.75) is 45.2 Å². The average molecular weight is 245 g/mol. The second-order valence-electron chi connectivity index (χ2n) is 3.92. The molecule has 0 aliphatic carbocycles. The summed E-state index contributed by atoms with van der Waals surface area (Å²) in [6, 6.07) is -1.25. The van der Waals surface area contributed by atoms with Gasteiger partial charge in [0, 0.05) is 0 Å². The summed E-state index contributed by atoms with van der Waals surface area (Å²) >= 11 is 0. The van der Waals surface area contributed by atoms with Crippen molar-refractivity contribution in [2.75, 3.05) is 13.1 Å². The summed E-state index contributed by atoms with van der Waals surface area (Å²) in [4.78, 5) is 22.8. The molecule has 0 fully saturated rings. The summed E-state index contributed by atoms with van der Waals surface area (Å²) in [7, 11) is 0. The highest BCUT2D eigenvalue weighted by Gasteiger charge is 2.22. The molecule has 0 aromatic heterocycles. The summed E-state index contributed by atoms with van der Waals surface area (Å²) in [6.45, 7) is 4.59. The second-order valence-corrected chi connectivity index (χ2v) is 3.92. The van der Waals surface area contributed by atoms with E-state index in [1.54, 1.807) is 0 Å². The Balaban J connectivity index is 4.18. The van der Waals surface area contributed by atoms with Gasteiger partial charge in [-0.2, -0.15) is 0 Å². The van der Waals surface area contributed by atoms with Crippen molar-refractivity contribution in [1.29, 1.82) is 0 Å². The molecule has 0 spiro atoms. The highest BCUT2D eigenvalue weighted by Crippen LogP contribution is 2.03. The van der Waals surface area contributed by atoms with E-state index in [-0.39, 0.29) is 0 Å². The molecular weight excluding hydrogens is 222 g/mol. The number of likely N-dealkylation sites (N-methyl/N-ethyl adjacent to an activating group) is 1. The van der Waals surface area contributed by atoms with Crippen LogP contribution in [0.5, 0.6) is 0 Å². The minimum absolute atomic E-state index is 0.464. The zero-order valence-corrected chi connectivity index (χ0v) is 10.6. The van der Waals surface area contributed by atoms with Crippen molar-refractivity contribution in [1.82, 2.24) is 5.32 Å². The van der Waals surface area contributed by atoms with E-state index in [1.165, 1.54) is 6.92 Å². The molecule has 0 radical (unpaired) electrons. The molecule has 17 heavy (non-hydrogen) atoms. The fourth-order valence-electron chi connectivity index (χ4n) is 1.31. The van der Waals surface area contributed by atoms with Crippen molar-refractivity contribution in [2.24, 2.45) is 11.5 Å². The van der Waals surface area contributed by atoms with Crippen LogP contribution in [0.15, 0.2) is 0 Å². The van der Waals surface area contributed by atoms with Crippen LogP contribution in [0.25, 0.3) is 0 Å². The van der Waals surface area contributed by atoms with Crippen LogP contribution in [0.2, 0.25) is 0 Å². The largest absolute Gasteiger partial charge is 0.391 e. The topological polar surface area (TPSA) is 107 Å². The van der Waals surface area contributed by atoms with E-state index in [9.17, 15) is 9.59 Å². The van der Waals surface area contributed by atoms with Crippen LogP contribution < -0.4 is 16.8 Å². The van der Waals surface area contributed by atoms with Gasteiger partial charge in [0.2, 0.25) is 0 Å².